The van der Waals surface area contributed by atoms with Gasteiger partial charge >= 0.3 is 5.97 Å². The Bertz CT molecular complexity index is 1030. The Morgan fingerprint density at radius 3 is 2.59 bits per heavy atom. The standard InChI is InChI=1S/C18H17N5O3S/c1-11-12(18(25)26)2-3-14(21-11)17(24)23-7-5-22(6-8-23)16-15-13(4-9-27-15)19-10-20-16/h2-4,9-10H,5-8H2,1H3,(H,25,26). The van der Waals surface area contributed by atoms with Gasteiger partial charge in [-0.2, -0.15) is 0 Å². The first-order valence-corrected chi connectivity index (χ1v) is 9.36. The lowest BCUT2D eigenvalue weighted by Crippen LogP contribution is -2.49. The Balaban J connectivity index is 1.47. The highest BCUT2D eigenvalue weighted by molar-refractivity contribution is 7.17. The van der Waals surface area contributed by atoms with Crippen LogP contribution in [-0.4, -0.2) is 63.0 Å². The summed E-state index contributed by atoms with van der Waals surface area (Å²) in [5, 5.41) is 11.1. The molecule has 4 heterocycles. The molecule has 1 amide bonds. The first-order valence-electron chi connectivity index (χ1n) is 8.48. The van der Waals surface area contributed by atoms with Crippen molar-refractivity contribution in [2.45, 2.75) is 6.92 Å². The van der Waals surface area contributed by atoms with Gasteiger partial charge in [0.15, 0.2) is 0 Å². The first kappa shape index (κ1) is 17.3. The maximum atomic E-state index is 12.7. The average Bonchev–Trinajstić information content (AvgIpc) is 3.16. The number of carboxylic acid groups (broad SMARTS) is 1. The zero-order valence-electron chi connectivity index (χ0n) is 14.6. The minimum atomic E-state index is -1.04. The summed E-state index contributed by atoms with van der Waals surface area (Å²) in [6.45, 7) is 4.04. The van der Waals surface area contributed by atoms with Crippen LogP contribution in [0.1, 0.15) is 26.5 Å². The van der Waals surface area contributed by atoms with Crippen molar-refractivity contribution in [3.63, 3.8) is 0 Å². The molecule has 0 unspecified atom stereocenters. The Morgan fingerprint density at radius 1 is 1.11 bits per heavy atom. The molecule has 4 rings (SSSR count). The van der Waals surface area contributed by atoms with E-state index >= 15 is 0 Å². The number of hydrogen-bond acceptors (Lipinski definition) is 7. The predicted octanol–water partition coefficient (Wildman–Crippen LogP) is 2.06. The van der Waals surface area contributed by atoms with E-state index in [2.05, 4.69) is 19.9 Å². The van der Waals surface area contributed by atoms with Crippen molar-refractivity contribution in [1.29, 1.82) is 0 Å². The molecule has 0 saturated carbocycles. The fourth-order valence-corrected chi connectivity index (χ4v) is 4.05. The van der Waals surface area contributed by atoms with E-state index in [-0.39, 0.29) is 17.2 Å². The van der Waals surface area contributed by atoms with Gasteiger partial charge in [-0.25, -0.2) is 19.7 Å². The predicted molar refractivity (Wildman–Crippen MR) is 101 cm³/mol. The van der Waals surface area contributed by atoms with Crippen LogP contribution in [0.4, 0.5) is 5.82 Å². The van der Waals surface area contributed by atoms with Gasteiger partial charge in [0.05, 0.1) is 21.5 Å². The van der Waals surface area contributed by atoms with Crippen LogP contribution in [-0.2, 0) is 0 Å². The van der Waals surface area contributed by atoms with Crippen LogP contribution in [0, 0.1) is 6.92 Å². The van der Waals surface area contributed by atoms with Crippen LogP contribution in [0.5, 0.6) is 0 Å². The number of pyridine rings is 1. The third-order valence-corrected chi connectivity index (χ3v) is 5.53. The van der Waals surface area contributed by atoms with Crippen molar-refractivity contribution in [3.05, 3.63) is 46.9 Å². The molecule has 0 aromatic carbocycles. The maximum Gasteiger partial charge on any atom is 0.337 e. The van der Waals surface area contributed by atoms with Gasteiger partial charge in [0.25, 0.3) is 5.91 Å². The van der Waals surface area contributed by atoms with Gasteiger partial charge in [0.1, 0.15) is 17.8 Å². The number of rotatable bonds is 3. The molecule has 0 bridgehead atoms. The highest BCUT2D eigenvalue weighted by atomic mass is 32.1. The van der Waals surface area contributed by atoms with Crippen molar-refractivity contribution in [3.8, 4) is 0 Å². The van der Waals surface area contributed by atoms with E-state index in [9.17, 15) is 9.59 Å². The number of piperazine rings is 1. The summed E-state index contributed by atoms with van der Waals surface area (Å²) >= 11 is 1.61. The number of aromatic nitrogens is 3. The molecular weight excluding hydrogens is 366 g/mol. The van der Waals surface area contributed by atoms with Crippen LogP contribution >= 0.6 is 11.3 Å². The number of hydrogen-bond donors (Lipinski definition) is 1. The first-order chi connectivity index (χ1) is 13.0. The summed E-state index contributed by atoms with van der Waals surface area (Å²) in [4.78, 5) is 40.6. The quantitative estimate of drug-likeness (QED) is 0.739. The zero-order chi connectivity index (χ0) is 19.0. The Labute approximate surface area is 159 Å². The Hall–Kier alpha value is -3.07. The molecule has 1 fully saturated rings. The van der Waals surface area contributed by atoms with Crippen LogP contribution in [0.2, 0.25) is 0 Å². The minimum absolute atomic E-state index is 0.111. The van der Waals surface area contributed by atoms with E-state index in [1.807, 2.05) is 11.4 Å². The number of aryl methyl sites for hydroxylation is 1. The number of anilines is 1. The van der Waals surface area contributed by atoms with E-state index in [0.717, 1.165) is 16.0 Å². The molecule has 0 radical (unpaired) electrons. The number of amides is 1. The summed E-state index contributed by atoms with van der Waals surface area (Å²) in [6, 6.07) is 4.88. The molecule has 1 N–H and O–H groups in total. The molecule has 8 nitrogen and oxygen atoms in total. The number of carbonyl (C=O) groups is 2. The lowest BCUT2D eigenvalue weighted by Gasteiger charge is -2.35. The van der Waals surface area contributed by atoms with E-state index in [1.54, 1.807) is 29.5 Å². The molecule has 27 heavy (non-hydrogen) atoms. The highest BCUT2D eigenvalue weighted by Crippen LogP contribution is 2.28. The SMILES string of the molecule is Cc1nc(C(=O)N2CCN(c3ncnc4ccsc34)CC2)ccc1C(=O)O. The Kier molecular flexibility index (Phi) is 4.44. The molecule has 0 spiro atoms. The second-order valence-electron chi connectivity index (χ2n) is 6.25. The van der Waals surface area contributed by atoms with Crippen LogP contribution in [0.3, 0.4) is 0 Å². The van der Waals surface area contributed by atoms with Gasteiger partial charge in [-0.1, -0.05) is 0 Å². The fourth-order valence-electron chi connectivity index (χ4n) is 3.19. The molecule has 0 aliphatic carbocycles. The molecule has 1 saturated heterocycles. The number of thiophene rings is 1. The van der Waals surface area contributed by atoms with Gasteiger partial charge in [0.2, 0.25) is 0 Å². The lowest BCUT2D eigenvalue weighted by atomic mass is 10.1. The van der Waals surface area contributed by atoms with Crippen molar-refractivity contribution in [2.75, 3.05) is 31.1 Å². The second kappa shape index (κ2) is 6.92. The number of carboxylic acids is 1. The molecule has 0 atom stereocenters. The Morgan fingerprint density at radius 2 is 1.89 bits per heavy atom. The topological polar surface area (TPSA) is 99.5 Å². The summed E-state index contributed by atoms with van der Waals surface area (Å²) < 4.78 is 1.05. The van der Waals surface area contributed by atoms with Crippen molar-refractivity contribution in [1.82, 2.24) is 19.9 Å². The second-order valence-corrected chi connectivity index (χ2v) is 7.16. The minimum Gasteiger partial charge on any atom is -0.478 e. The summed E-state index contributed by atoms with van der Waals surface area (Å²) in [5.74, 6) is -0.321. The number of nitrogens with zero attached hydrogens (tertiary/aromatic N) is 5. The normalized spacial score (nSPS) is 14.6. The monoisotopic (exact) mass is 383 g/mol. The summed E-state index contributed by atoms with van der Waals surface area (Å²) in [6.07, 6.45) is 1.57. The van der Waals surface area contributed by atoms with Crippen molar-refractivity contribution < 1.29 is 14.7 Å². The molecule has 9 heteroatoms. The zero-order valence-corrected chi connectivity index (χ0v) is 15.4. The smallest absolute Gasteiger partial charge is 0.337 e. The molecular formula is C18H17N5O3S. The van der Waals surface area contributed by atoms with Crippen molar-refractivity contribution in [2.24, 2.45) is 0 Å². The van der Waals surface area contributed by atoms with Gasteiger partial charge in [-0.15, -0.1) is 11.3 Å². The number of aromatic carboxylic acids is 1. The van der Waals surface area contributed by atoms with E-state index < -0.39 is 5.97 Å². The third kappa shape index (κ3) is 3.21. The number of carbonyl (C=O) groups excluding carboxylic acids is 1. The van der Waals surface area contributed by atoms with E-state index in [0.29, 0.717) is 31.9 Å². The van der Waals surface area contributed by atoms with Crippen LogP contribution in [0.15, 0.2) is 29.9 Å². The molecule has 1 aliphatic heterocycles. The fraction of sp³-hybridized carbons (Fsp3) is 0.278. The van der Waals surface area contributed by atoms with E-state index in [1.165, 1.54) is 12.1 Å². The highest BCUT2D eigenvalue weighted by Gasteiger charge is 2.25. The molecule has 138 valence electrons. The van der Waals surface area contributed by atoms with Gasteiger partial charge in [0, 0.05) is 26.2 Å². The molecule has 1 aliphatic rings. The van der Waals surface area contributed by atoms with Crippen molar-refractivity contribution >= 4 is 39.2 Å². The average molecular weight is 383 g/mol. The lowest BCUT2D eigenvalue weighted by molar-refractivity contribution is 0.0690. The van der Waals surface area contributed by atoms with E-state index in [4.69, 9.17) is 5.11 Å². The van der Waals surface area contributed by atoms with Gasteiger partial charge < -0.3 is 14.9 Å². The van der Waals surface area contributed by atoms with Crippen LogP contribution < -0.4 is 4.90 Å². The third-order valence-electron chi connectivity index (χ3n) is 4.63. The summed E-state index contributed by atoms with van der Waals surface area (Å²) in [7, 11) is 0. The molecule has 3 aromatic heterocycles. The number of fused-ring (bicyclic) bond motifs is 1. The van der Waals surface area contributed by atoms with Gasteiger partial charge in [-0.3, -0.25) is 4.79 Å². The largest absolute Gasteiger partial charge is 0.478 e. The van der Waals surface area contributed by atoms with Gasteiger partial charge in [-0.05, 0) is 30.5 Å². The maximum absolute atomic E-state index is 12.7. The molecule has 3 aromatic rings. The van der Waals surface area contributed by atoms with Crippen LogP contribution in [0.25, 0.3) is 10.2 Å². The summed E-state index contributed by atoms with van der Waals surface area (Å²) in [5.41, 5.74) is 1.66.